The molecule has 13 heteroatoms. The van der Waals surface area contributed by atoms with Gasteiger partial charge in [-0.1, -0.05) is 41.4 Å². The van der Waals surface area contributed by atoms with E-state index in [2.05, 4.69) is 10.4 Å². The molecule has 0 bridgehead atoms. The molecule has 0 fully saturated rings. The predicted molar refractivity (Wildman–Crippen MR) is 129 cm³/mol. The van der Waals surface area contributed by atoms with Crippen molar-refractivity contribution in [3.05, 3.63) is 86.7 Å². The van der Waals surface area contributed by atoms with E-state index in [-0.39, 0.29) is 18.1 Å². The second kappa shape index (κ2) is 12.1. The summed E-state index contributed by atoms with van der Waals surface area (Å²) in [5.41, 5.74) is -0.987. The van der Waals surface area contributed by atoms with Crippen LogP contribution in [0, 0.1) is 11.6 Å². The van der Waals surface area contributed by atoms with Crippen LogP contribution in [-0.2, 0) is 22.5 Å². The summed E-state index contributed by atoms with van der Waals surface area (Å²) in [6, 6.07) is 7.93. The lowest BCUT2D eigenvalue weighted by atomic mass is 10.0. The normalized spacial score (nSPS) is 12.6. The van der Waals surface area contributed by atoms with Crippen LogP contribution in [0.3, 0.4) is 0 Å². The zero-order valence-corrected chi connectivity index (χ0v) is 20.8. The molecule has 0 saturated heterocycles. The van der Waals surface area contributed by atoms with E-state index in [1.54, 1.807) is 31.2 Å². The van der Waals surface area contributed by atoms with E-state index in [0.717, 1.165) is 22.9 Å². The van der Waals surface area contributed by atoms with E-state index in [9.17, 15) is 33.4 Å². The lowest BCUT2D eigenvalue weighted by molar-refractivity contribution is -0.154. The largest absolute Gasteiger partial charge is 0.477 e. The molecule has 0 saturated carbocycles. The fourth-order valence-corrected chi connectivity index (χ4v) is 3.87. The van der Waals surface area contributed by atoms with Crippen LogP contribution in [0.1, 0.15) is 39.0 Å². The van der Waals surface area contributed by atoms with Crippen molar-refractivity contribution in [2.45, 2.75) is 32.0 Å². The molecule has 3 rings (SSSR count). The molecule has 9 nitrogen and oxygen atoms in total. The number of aromatic nitrogens is 2. The second-order valence-corrected chi connectivity index (χ2v) is 8.64. The van der Waals surface area contributed by atoms with Crippen molar-refractivity contribution in [2.75, 3.05) is 6.61 Å². The number of carbonyl (C=O) groups excluding carboxylic acids is 2. The van der Waals surface area contributed by atoms with Gasteiger partial charge < -0.3 is 20.3 Å². The van der Waals surface area contributed by atoms with Crippen LogP contribution in [0.5, 0.6) is 0 Å². The third kappa shape index (κ3) is 6.82. The van der Waals surface area contributed by atoms with Gasteiger partial charge in [0.15, 0.2) is 11.8 Å². The highest BCUT2D eigenvalue weighted by Gasteiger charge is 2.31. The van der Waals surface area contributed by atoms with Crippen molar-refractivity contribution < 1.29 is 38.1 Å². The number of esters is 1. The van der Waals surface area contributed by atoms with E-state index >= 15 is 0 Å². The molecular formula is C24H21Cl2F2N3O6. The number of hydrogen-bond acceptors (Lipinski definition) is 6. The predicted octanol–water partition coefficient (Wildman–Crippen LogP) is 3.48. The highest BCUT2D eigenvalue weighted by molar-refractivity contribution is 6.31. The fraction of sp³-hybridized carbons (Fsp3) is 0.250. The van der Waals surface area contributed by atoms with Crippen LogP contribution >= 0.6 is 23.2 Å². The van der Waals surface area contributed by atoms with Gasteiger partial charge in [0, 0.05) is 21.7 Å². The number of aliphatic hydroxyl groups is 1. The Kier molecular flexibility index (Phi) is 9.19. The molecule has 0 aliphatic heterocycles. The van der Waals surface area contributed by atoms with Crippen LogP contribution in [0.4, 0.5) is 8.78 Å². The van der Waals surface area contributed by atoms with Gasteiger partial charge in [-0.3, -0.25) is 9.48 Å². The molecule has 37 heavy (non-hydrogen) atoms. The summed E-state index contributed by atoms with van der Waals surface area (Å²) < 4.78 is 34.1. The van der Waals surface area contributed by atoms with Crippen molar-refractivity contribution in [1.29, 1.82) is 0 Å². The first-order valence-electron chi connectivity index (χ1n) is 10.8. The van der Waals surface area contributed by atoms with Crippen LogP contribution in [0.2, 0.25) is 10.0 Å². The standard InChI is InChI=1S/C24H21Cl2F2N3O6/c1-2-37-24(36)21(32)18(7-12-5-3-4-6-15(12)26)29-22(33)19-10-20(23(34)35)31(30-19)11-14-16(27)8-13(25)9-17(14)28/h3-6,8-10,18,21,32H,2,7,11H2,1H3,(H,29,33)(H,34,35)/t18-,21-/m1/s1. The number of carboxylic acids is 1. The van der Waals surface area contributed by atoms with Crippen molar-refractivity contribution in [2.24, 2.45) is 0 Å². The summed E-state index contributed by atoms with van der Waals surface area (Å²) in [5.74, 6) is -5.52. The van der Waals surface area contributed by atoms with Crippen LogP contribution < -0.4 is 5.32 Å². The van der Waals surface area contributed by atoms with Crippen molar-refractivity contribution in [3.63, 3.8) is 0 Å². The Morgan fingerprint density at radius 1 is 1.14 bits per heavy atom. The zero-order chi connectivity index (χ0) is 27.3. The molecule has 2 aromatic carbocycles. The van der Waals surface area contributed by atoms with Crippen LogP contribution in [0.15, 0.2) is 42.5 Å². The smallest absolute Gasteiger partial charge is 0.354 e. The summed E-state index contributed by atoms with van der Waals surface area (Å²) >= 11 is 11.8. The zero-order valence-electron chi connectivity index (χ0n) is 19.3. The molecule has 3 N–H and O–H groups in total. The molecule has 1 amide bonds. The molecule has 196 valence electrons. The molecule has 1 aromatic heterocycles. The van der Waals surface area contributed by atoms with Gasteiger partial charge in [0.1, 0.15) is 17.3 Å². The summed E-state index contributed by atoms with van der Waals surface area (Å²) in [7, 11) is 0. The Balaban J connectivity index is 1.91. The Hall–Kier alpha value is -3.54. The Morgan fingerprint density at radius 2 is 1.78 bits per heavy atom. The first-order chi connectivity index (χ1) is 17.5. The summed E-state index contributed by atoms with van der Waals surface area (Å²) in [6.07, 6.45) is -1.88. The van der Waals surface area contributed by atoms with E-state index < -0.39 is 65.1 Å². The number of carboxylic acid groups (broad SMARTS) is 1. The third-order valence-corrected chi connectivity index (χ3v) is 5.86. The minimum absolute atomic E-state index is 0.0210. The van der Waals surface area contributed by atoms with Gasteiger partial charge >= 0.3 is 11.9 Å². The lowest BCUT2D eigenvalue weighted by Gasteiger charge is -2.23. The van der Waals surface area contributed by atoms with E-state index in [1.807, 2.05) is 0 Å². The Labute approximate surface area is 219 Å². The first kappa shape index (κ1) is 28.0. The van der Waals surface area contributed by atoms with Gasteiger partial charge in [-0.15, -0.1) is 0 Å². The minimum Gasteiger partial charge on any atom is -0.477 e. The molecule has 0 aliphatic carbocycles. The van der Waals surface area contributed by atoms with Crippen molar-refractivity contribution in [1.82, 2.24) is 15.1 Å². The number of ether oxygens (including phenoxy) is 1. The quantitative estimate of drug-likeness (QED) is 0.326. The van der Waals surface area contributed by atoms with E-state index in [1.165, 1.54) is 0 Å². The number of nitrogens with zero attached hydrogens (tertiary/aromatic N) is 2. The molecule has 1 heterocycles. The lowest BCUT2D eigenvalue weighted by Crippen LogP contribution is -2.49. The number of halogens is 4. The summed E-state index contributed by atoms with van der Waals surface area (Å²) in [5, 5.41) is 26.5. The van der Waals surface area contributed by atoms with Crippen LogP contribution in [0.25, 0.3) is 0 Å². The maximum Gasteiger partial charge on any atom is 0.354 e. The first-order valence-corrected chi connectivity index (χ1v) is 11.6. The van der Waals surface area contributed by atoms with Crippen molar-refractivity contribution >= 4 is 41.0 Å². The van der Waals surface area contributed by atoms with Crippen LogP contribution in [-0.4, -0.2) is 56.6 Å². The maximum atomic E-state index is 14.3. The number of nitrogens with one attached hydrogen (secondary N) is 1. The molecule has 0 unspecified atom stereocenters. The fourth-order valence-electron chi connectivity index (χ4n) is 3.47. The van der Waals surface area contributed by atoms with Crippen molar-refractivity contribution in [3.8, 4) is 0 Å². The molecule has 0 spiro atoms. The third-order valence-electron chi connectivity index (χ3n) is 5.27. The highest BCUT2D eigenvalue weighted by atomic mass is 35.5. The SMILES string of the molecule is CCOC(=O)[C@H](O)[C@@H](Cc1ccccc1Cl)NC(=O)c1cc(C(=O)O)n(Cc2c(F)cc(Cl)cc2F)n1. The van der Waals surface area contributed by atoms with Gasteiger partial charge in [0.25, 0.3) is 5.91 Å². The van der Waals surface area contributed by atoms with Gasteiger partial charge in [-0.05, 0) is 37.1 Å². The average Bonchev–Trinajstić information content (AvgIpc) is 3.26. The number of amides is 1. The Morgan fingerprint density at radius 3 is 2.38 bits per heavy atom. The molecule has 0 radical (unpaired) electrons. The molecule has 2 atom stereocenters. The number of hydrogen-bond donors (Lipinski definition) is 3. The number of aliphatic hydroxyl groups excluding tert-OH is 1. The maximum absolute atomic E-state index is 14.3. The molecule has 3 aromatic rings. The van der Waals surface area contributed by atoms with E-state index in [0.29, 0.717) is 10.6 Å². The summed E-state index contributed by atoms with van der Waals surface area (Å²) in [6.45, 7) is 0.865. The minimum atomic E-state index is -1.79. The second-order valence-electron chi connectivity index (χ2n) is 7.80. The molecular weight excluding hydrogens is 535 g/mol. The monoisotopic (exact) mass is 555 g/mol. The van der Waals surface area contributed by atoms with Gasteiger partial charge in [-0.25, -0.2) is 18.4 Å². The summed E-state index contributed by atoms with van der Waals surface area (Å²) in [4.78, 5) is 36.9. The average molecular weight is 556 g/mol. The van der Waals surface area contributed by atoms with E-state index in [4.69, 9.17) is 27.9 Å². The number of benzene rings is 2. The topological polar surface area (TPSA) is 131 Å². The highest BCUT2D eigenvalue weighted by Crippen LogP contribution is 2.21. The molecule has 0 aliphatic rings. The number of aromatic carboxylic acids is 1. The Bertz CT molecular complexity index is 1310. The number of carbonyl (C=O) groups is 3. The van der Waals surface area contributed by atoms with Gasteiger partial charge in [-0.2, -0.15) is 5.10 Å². The van der Waals surface area contributed by atoms with Gasteiger partial charge in [0.2, 0.25) is 0 Å². The van der Waals surface area contributed by atoms with Gasteiger partial charge in [0.05, 0.1) is 19.2 Å². The number of rotatable bonds is 10.